The van der Waals surface area contributed by atoms with Gasteiger partial charge in [-0.25, -0.2) is 15.0 Å². The van der Waals surface area contributed by atoms with Gasteiger partial charge in [-0.2, -0.15) is 0 Å². The maximum atomic E-state index is 5.06. The zero-order valence-corrected chi connectivity index (χ0v) is 30.4. The van der Waals surface area contributed by atoms with Crippen molar-refractivity contribution in [2.75, 3.05) is 0 Å². The fourth-order valence-electron chi connectivity index (χ4n) is 7.35. The molecule has 0 saturated heterocycles. The van der Waals surface area contributed by atoms with Crippen molar-refractivity contribution in [2.24, 2.45) is 0 Å². The normalized spacial score (nSPS) is 11.2. The first-order chi connectivity index (χ1) is 27.7. The van der Waals surface area contributed by atoms with E-state index in [0.717, 1.165) is 89.0 Å². The number of nitrogens with zero attached hydrogens (tertiary/aromatic N) is 4. The average molecular weight is 715 g/mol. The Morgan fingerprint density at radius 2 is 0.714 bits per heavy atom. The van der Waals surface area contributed by atoms with Gasteiger partial charge in [-0.3, -0.25) is 4.98 Å². The number of pyridine rings is 2. The van der Waals surface area contributed by atoms with Gasteiger partial charge in [-0.15, -0.1) is 0 Å². The Morgan fingerprint density at radius 1 is 0.250 bits per heavy atom. The standard InChI is InChI=1S/C52H34N4/c1-3-9-35(10-4-1)45-13-7-14-46(33-45)49-34-48(55-52(56-49)44-11-5-2-6-12-44)41-26-22-39(23-27-41)37-18-16-36(17-19-37)38-20-24-40(25-21-38)47-31-30-43-29-28-42-15-8-32-53-50(42)51(43)54-47/h1-34H. The summed E-state index contributed by atoms with van der Waals surface area (Å²) in [5.41, 5.74) is 15.7. The molecule has 0 spiro atoms. The molecule has 10 rings (SSSR count). The van der Waals surface area contributed by atoms with E-state index in [2.05, 4.69) is 175 Å². The zero-order valence-electron chi connectivity index (χ0n) is 30.4. The lowest BCUT2D eigenvalue weighted by Gasteiger charge is -2.11. The molecule has 0 saturated carbocycles. The summed E-state index contributed by atoms with van der Waals surface area (Å²) in [4.78, 5) is 19.8. The van der Waals surface area contributed by atoms with E-state index in [1.165, 1.54) is 5.56 Å². The summed E-state index contributed by atoms with van der Waals surface area (Å²) in [6.45, 7) is 0. The summed E-state index contributed by atoms with van der Waals surface area (Å²) in [5, 5.41) is 2.19. The Labute approximate surface area is 325 Å². The first kappa shape index (κ1) is 33.0. The van der Waals surface area contributed by atoms with Crippen molar-refractivity contribution < 1.29 is 0 Å². The summed E-state index contributed by atoms with van der Waals surface area (Å²) in [6, 6.07) is 69.9. The van der Waals surface area contributed by atoms with Gasteiger partial charge in [0.25, 0.3) is 0 Å². The van der Waals surface area contributed by atoms with E-state index in [4.69, 9.17) is 15.0 Å². The van der Waals surface area contributed by atoms with Crippen LogP contribution in [-0.2, 0) is 0 Å². The number of aromatic nitrogens is 4. The SMILES string of the molecule is c1ccc(-c2cccc(-c3cc(-c4ccc(-c5ccc(-c6ccc(-c7ccc8ccc9cccnc9c8n7)cc6)cc5)cc4)nc(-c4ccccc4)n3)c2)cc1. The van der Waals surface area contributed by atoms with Crippen LogP contribution in [-0.4, -0.2) is 19.9 Å². The average Bonchev–Trinajstić information content (AvgIpc) is 3.29. The third kappa shape index (κ3) is 6.50. The topological polar surface area (TPSA) is 51.6 Å². The Balaban J connectivity index is 0.912. The molecule has 0 aliphatic carbocycles. The van der Waals surface area contributed by atoms with E-state index in [1.807, 2.05) is 36.5 Å². The highest BCUT2D eigenvalue weighted by Gasteiger charge is 2.13. The van der Waals surface area contributed by atoms with Gasteiger partial charge in [0, 0.05) is 39.2 Å². The van der Waals surface area contributed by atoms with Crippen LogP contribution in [0.5, 0.6) is 0 Å². The first-order valence-electron chi connectivity index (χ1n) is 18.8. The summed E-state index contributed by atoms with van der Waals surface area (Å²) in [5.74, 6) is 0.704. The quantitative estimate of drug-likeness (QED) is 0.154. The molecule has 10 aromatic rings. The van der Waals surface area contributed by atoms with Crippen molar-refractivity contribution in [1.82, 2.24) is 19.9 Å². The van der Waals surface area contributed by atoms with Crippen molar-refractivity contribution in [3.8, 4) is 78.5 Å². The second-order valence-corrected chi connectivity index (χ2v) is 13.9. The minimum Gasteiger partial charge on any atom is -0.254 e. The molecular formula is C52H34N4. The minimum absolute atomic E-state index is 0.704. The summed E-state index contributed by atoms with van der Waals surface area (Å²) in [7, 11) is 0. The van der Waals surface area contributed by atoms with E-state index in [-0.39, 0.29) is 0 Å². The Hall–Kier alpha value is -7.56. The fraction of sp³-hybridized carbons (Fsp3) is 0. The van der Waals surface area contributed by atoms with Crippen molar-refractivity contribution in [2.45, 2.75) is 0 Å². The summed E-state index contributed by atoms with van der Waals surface area (Å²) < 4.78 is 0. The van der Waals surface area contributed by atoms with Gasteiger partial charge < -0.3 is 0 Å². The van der Waals surface area contributed by atoms with Crippen LogP contribution >= 0.6 is 0 Å². The van der Waals surface area contributed by atoms with Gasteiger partial charge in [-0.1, -0.05) is 176 Å². The van der Waals surface area contributed by atoms with Crippen molar-refractivity contribution in [3.05, 3.63) is 206 Å². The molecule has 0 amide bonds. The molecule has 0 aliphatic rings. The Morgan fingerprint density at radius 3 is 1.34 bits per heavy atom. The maximum Gasteiger partial charge on any atom is 0.160 e. The highest BCUT2D eigenvalue weighted by atomic mass is 14.9. The number of fused-ring (bicyclic) bond motifs is 3. The first-order valence-corrected chi connectivity index (χ1v) is 18.8. The molecule has 0 aliphatic heterocycles. The van der Waals surface area contributed by atoms with Gasteiger partial charge >= 0.3 is 0 Å². The molecule has 3 aromatic heterocycles. The van der Waals surface area contributed by atoms with E-state index in [9.17, 15) is 0 Å². The highest BCUT2D eigenvalue weighted by molar-refractivity contribution is 6.03. The van der Waals surface area contributed by atoms with Gasteiger partial charge in [0.15, 0.2) is 5.82 Å². The molecule has 56 heavy (non-hydrogen) atoms. The van der Waals surface area contributed by atoms with Gasteiger partial charge in [0.1, 0.15) is 0 Å². The Kier molecular flexibility index (Phi) is 8.47. The van der Waals surface area contributed by atoms with Crippen LogP contribution < -0.4 is 0 Å². The molecule has 3 heterocycles. The van der Waals surface area contributed by atoms with Crippen LogP contribution in [0.3, 0.4) is 0 Å². The van der Waals surface area contributed by atoms with Crippen LogP contribution in [0.2, 0.25) is 0 Å². The lowest BCUT2D eigenvalue weighted by molar-refractivity contribution is 1.18. The lowest BCUT2D eigenvalue weighted by atomic mass is 9.97. The zero-order chi connectivity index (χ0) is 37.3. The predicted octanol–water partition coefficient (Wildman–Crippen LogP) is 13.2. The molecule has 4 heteroatoms. The molecule has 0 N–H and O–H groups in total. The van der Waals surface area contributed by atoms with E-state index < -0.39 is 0 Å². The largest absolute Gasteiger partial charge is 0.254 e. The molecule has 7 aromatic carbocycles. The third-order valence-corrected chi connectivity index (χ3v) is 10.4. The van der Waals surface area contributed by atoms with E-state index >= 15 is 0 Å². The molecule has 0 unspecified atom stereocenters. The number of hydrogen-bond acceptors (Lipinski definition) is 4. The molecule has 0 atom stereocenters. The fourth-order valence-corrected chi connectivity index (χ4v) is 7.35. The number of rotatable bonds is 7. The number of benzene rings is 7. The van der Waals surface area contributed by atoms with Crippen LogP contribution in [0, 0.1) is 0 Å². The third-order valence-electron chi connectivity index (χ3n) is 10.4. The van der Waals surface area contributed by atoms with Gasteiger partial charge in [0.2, 0.25) is 0 Å². The lowest BCUT2D eigenvalue weighted by Crippen LogP contribution is -1.96. The minimum atomic E-state index is 0.704. The van der Waals surface area contributed by atoms with Crippen molar-refractivity contribution in [1.29, 1.82) is 0 Å². The Bertz CT molecular complexity index is 2980. The van der Waals surface area contributed by atoms with E-state index in [0.29, 0.717) is 5.82 Å². The van der Waals surface area contributed by atoms with Gasteiger partial charge in [-0.05, 0) is 57.6 Å². The molecule has 0 bridgehead atoms. The van der Waals surface area contributed by atoms with Crippen LogP contribution in [0.4, 0.5) is 0 Å². The molecule has 262 valence electrons. The smallest absolute Gasteiger partial charge is 0.160 e. The molecule has 0 fully saturated rings. The van der Waals surface area contributed by atoms with Crippen molar-refractivity contribution >= 4 is 21.8 Å². The molecule has 4 nitrogen and oxygen atoms in total. The van der Waals surface area contributed by atoms with Crippen LogP contribution in [0.15, 0.2) is 206 Å². The highest BCUT2D eigenvalue weighted by Crippen LogP contribution is 2.33. The van der Waals surface area contributed by atoms with Crippen LogP contribution in [0.25, 0.3) is 100 Å². The second kappa shape index (κ2) is 14.3. The number of hydrogen-bond donors (Lipinski definition) is 0. The van der Waals surface area contributed by atoms with Crippen LogP contribution in [0.1, 0.15) is 0 Å². The maximum absolute atomic E-state index is 5.06. The van der Waals surface area contributed by atoms with Crippen molar-refractivity contribution in [3.63, 3.8) is 0 Å². The monoisotopic (exact) mass is 714 g/mol. The summed E-state index contributed by atoms with van der Waals surface area (Å²) in [6.07, 6.45) is 1.83. The predicted molar refractivity (Wildman–Crippen MR) is 231 cm³/mol. The molecule has 0 radical (unpaired) electrons. The second-order valence-electron chi connectivity index (χ2n) is 13.9. The summed E-state index contributed by atoms with van der Waals surface area (Å²) >= 11 is 0. The van der Waals surface area contributed by atoms with E-state index in [1.54, 1.807) is 0 Å². The van der Waals surface area contributed by atoms with Gasteiger partial charge in [0.05, 0.1) is 28.1 Å². The molecular weight excluding hydrogens is 681 g/mol.